The molecule has 1 rings (SSSR count). The van der Waals surface area contributed by atoms with E-state index in [-0.39, 0.29) is 71.0 Å². The van der Waals surface area contributed by atoms with Crippen LogP contribution in [0.2, 0.25) is 0 Å². The summed E-state index contributed by atoms with van der Waals surface area (Å²) in [7, 11) is 0. The van der Waals surface area contributed by atoms with E-state index in [0.29, 0.717) is 0 Å². The zero-order chi connectivity index (χ0) is 15.8. The third-order valence-corrected chi connectivity index (χ3v) is 3.15. The minimum absolute atomic E-state index is 0. The van der Waals surface area contributed by atoms with Crippen LogP contribution in [0.25, 0.3) is 0 Å². The second kappa shape index (κ2) is 7.53. The molecule has 0 unspecified atom stereocenters. The van der Waals surface area contributed by atoms with Gasteiger partial charge in [-0.15, -0.1) is 0 Å². The first-order valence-corrected chi connectivity index (χ1v) is 6.74. The molecule has 0 saturated carbocycles. The summed E-state index contributed by atoms with van der Waals surface area (Å²) in [5.41, 5.74) is -1.32. The maximum Gasteiger partial charge on any atom is 1.00 e. The molecular formula is C12H23BF3KN2O2. The molecule has 4 nitrogen and oxygen atoms in total. The molecule has 0 bridgehead atoms. The first-order chi connectivity index (χ1) is 8.80. The zero-order valence-electron chi connectivity index (χ0n) is 13.8. The van der Waals surface area contributed by atoms with Crippen molar-refractivity contribution >= 4 is 13.1 Å². The first kappa shape index (κ1) is 21.7. The van der Waals surface area contributed by atoms with Crippen molar-refractivity contribution in [3.63, 3.8) is 0 Å². The van der Waals surface area contributed by atoms with Crippen LogP contribution in [0.15, 0.2) is 0 Å². The molecule has 1 heterocycles. The van der Waals surface area contributed by atoms with Gasteiger partial charge in [0.15, 0.2) is 0 Å². The number of ether oxygens (including phenoxy) is 1. The third-order valence-electron chi connectivity index (χ3n) is 3.15. The van der Waals surface area contributed by atoms with Gasteiger partial charge in [0.05, 0.1) is 0 Å². The summed E-state index contributed by atoms with van der Waals surface area (Å²) < 4.78 is 43.0. The zero-order valence-corrected chi connectivity index (χ0v) is 16.9. The standard InChI is InChI=1S/C12H23BF3N2O2.K/c1-11(2,3)20-10(19)17-6-7-18(9-13(14,15)16)12(4,5)8-17;/h6-9H2,1-5H3;/q-1;+1. The molecule has 0 aromatic heterocycles. The minimum Gasteiger partial charge on any atom is -0.448 e. The number of hydrogen-bond acceptors (Lipinski definition) is 3. The SMILES string of the molecule is CC(C)(C)OC(=O)N1CCN(C[B-](F)(F)F)C(C)(C)C1.[K+]. The van der Waals surface area contributed by atoms with Gasteiger partial charge in [0.2, 0.25) is 0 Å². The van der Waals surface area contributed by atoms with Crippen molar-refractivity contribution in [2.24, 2.45) is 0 Å². The molecule has 0 aliphatic carbocycles. The maximum absolute atomic E-state index is 12.6. The summed E-state index contributed by atoms with van der Waals surface area (Å²) in [6.45, 7) is 4.54. The molecule has 0 aromatic carbocycles. The van der Waals surface area contributed by atoms with E-state index >= 15 is 0 Å². The van der Waals surface area contributed by atoms with E-state index in [1.807, 2.05) is 0 Å². The van der Waals surface area contributed by atoms with Crippen LogP contribution in [0.5, 0.6) is 0 Å². The fourth-order valence-electron chi connectivity index (χ4n) is 2.26. The molecule has 1 aliphatic rings. The van der Waals surface area contributed by atoms with Crippen LogP contribution in [-0.2, 0) is 4.74 Å². The van der Waals surface area contributed by atoms with E-state index in [1.54, 1.807) is 34.6 Å². The van der Waals surface area contributed by atoms with Gasteiger partial charge in [-0.3, -0.25) is 0 Å². The summed E-state index contributed by atoms with van der Waals surface area (Å²) in [6, 6.07) is 0. The second-order valence-electron chi connectivity index (χ2n) is 6.87. The van der Waals surface area contributed by atoms with Gasteiger partial charge >= 0.3 is 64.5 Å². The molecular weight excluding hydrogens is 311 g/mol. The first-order valence-electron chi connectivity index (χ1n) is 6.74. The van der Waals surface area contributed by atoms with Gasteiger partial charge in [0.1, 0.15) is 5.60 Å². The van der Waals surface area contributed by atoms with Gasteiger partial charge in [-0.05, 0) is 41.1 Å². The van der Waals surface area contributed by atoms with Crippen LogP contribution in [0.3, 0.4) is 0 Å². The Labute approximate surface area is 167 Å². The Hall–Kier alpha value is 0.721. The predicted molar refractivity (Wildman–Crippen MR) is 72.5 cm³/mol. The molecule has 9 heteroatoms. The van der Waals surface area contributed by atoms with Crippen molar-refractivity contribution in [3.05, 3.63) is 0 Å². The van der Waals surface area contributed by atoms with Crippen molar-refractivity contribution in [1.82, 2.24) is 9.80 Å². The fourth-order valence-corrected chi connectivity index (χ4v) is 2.26. The number of halogens is 3. The summed E-state index contributed by atoms with van der Waals surface area (Å²) in [6.07, 6.45) is -1.36. The molecule has 0 N–H and O–H groups in total. The van der Waals surface area contributed by atoms with Gasteiger partial charge in [-0.1, -0.05) is 0 Å². The molecule has 0 spiro atoms. The molecule has 0 radical (unpaired) electrons. The summed E-state index contributed by atoms with van der Waals surface area (Å²) in [4.78, 5) is 14.8. The Morgan fingerprint density at radius 1 is 1.24 bits per heavy atom. The number of amides is 1. The van der Waals surface area contributed by atoms with Crippen LogP contribution in [0.4, 0.5) is 17.7 Å². The summed E-state index contributed by atoms with van der Waals surface area (Å²) >= 11 is 0. The Bertz CT molecular complexity index is 372. The van der Waals surface area contributed by atoms with Crippen molar-refractivity contribution in [2.45, 2.75) is 45.8 Å². The van der Waals surface area contributed by atoms with Crippen LogP contribution in [0, 0.1) is 0 Å². The van der Waals surface area contributed by atoms with E-state index in [0.717, 1.165) is 0 Å². The number of carbonyl (C=O) groups is 1. The Morgan fingerprint density at radius 2 is 1.76 bits per heavy atom. The molecule has 0 aromatic rings. The quantitative estimate of drug-likeness (QED) is 0.651. The van der Waals surface area contributed by atoms with Gasteiger partial charge in [0.25, 0.3) is 0 Å². The monoisotopic (exact) mass is 334 g/mol. The Kier molecular flexibility index (Phi) is 7.79. The van der Waals surface area contributed by atoms with Crippen LogP contribution in [0.1, 0.15) is 34.6 Å². The van der Waals surface area contributed by atoms with Crippen LogP contribution < -0.4 is 51.4 Å². The predicted octanol–water partition coefficient (Wildman–Crippen LogP) is -0.292. The third kappa shape index (κ3) is 7.70. The van der Waals surface area contributed by atoms with Crippen LogP contribution >= 0.6 is 0 Å². The van der Waals surface area contributed by atoms with Gasteiger partial charge in [-0.2, -0.15) is 0 Å². The molecule has 1 aliphatic heterocycles. The van der Waals surface area contributed by atoms with E-state index in [1.165, 1.54) is 9.80 Å². The Morgan fingerprint density at radius 3 is 2.14 bits per heavy atom. The maximum atomic E-state index is 12.6. The fraction of sp³-hybridized carbons (Fsp3) is 0.917. The van der Waals surface area contributed by atoms with Gasteiger partial charge in [0, 0.05) is 25.2 Å². The largest absolute Gasteiger partial charge is 1.00 e. The van der Waals surface area contributed by atoms with Crippen molar-refractivity contribution in [1.29, 1.82) is 0 Å². The average Bonchev–Trinajstić information content (AvgIpc) is 2.16. The number of piperazine rings is 1. The second-order valence-corrected chi connectivity index (χ2v) is 6.87. The van der Waals surface area contributed by atoms with E-state index in [4.69, 9.17) is 4.74 Å². The normalized spacial score (nSPS) is 19.9. The van der Waals surface area contributed by atoms with Gasteiger partial charge in [-0.25, -0.2) is 4.79 Å². The van der Waals surface area contributed by atoms with Gasteiger partial charge < -0.3 is 27.5 Å². The summed E-state index contributed by atoms with van der Waals surface area (Å²) in [5.74, 6) is 0. The van der Waals surface area contributed by atoms with Crippen molar-refractivity contribution in [3.8, 4) is 0 Å². The smallest absolute Gasteiger partial charge is 0.448 e. The van der Waals surface area contributed by atoms with Crippen LogP contribution in [-0.4, -0.2) is 60.1 Å². The number of carbonyl (C=O) groups excluding carboxylic acids is 1. The number of rotatable bonds is 2. The van der Waals surface area contributed by atoms with Crippen molar-refractivity contribution in [2.75, 3.05) is 26.1 Å². The van der Waals surface area contributed by atoms with E-state index in [9.17, 15) is 17.7 Å². The van der Waals surface area contributed by atoms with E-state index < -0.39 is 30.7 Å². The topological polar surface area (TPSA) is 32.8 Å². The summed E-state index contributed by atoms with van der Waals surface area (Å²) in [5, 5.41) is 0. The van der Waals surface area contributed by atoms with Crippen molar-refractivity contribution < 1.29 is 73.9 Å². The Balaban J connectivity index is 0.00000400. The minimum atomic E-state index is -4.86. The molecule has 0 atom stereocenters. The molecule has 1 fully saturated rings. The molecule has 21 heavy (non-hydrogen) atoms. The molecule has 1 amide bonds. The molecule has 118 valence electrons. The average molecular weight is 334 g/mol. The number of nitrogens with zero attached hydrogens (tertiary/aromatic N) is 2. The molecule has 1 saturated heterocycles. The number of hydrogen-bond donors (Lipinski definition) is 0. The van der Waals surface area contributed by atoms with E-state index in [2.05, 4.69) is 0 Å².